The summed E-state index contributed by atoms with van der Waals surface area (Å²) in [5, 5.41) is 36.7. The third-order valence-corrected chi connectivity index (χ3v) is 27.0. The van der Waals surface area contributed by atoms with Crippen LogP contribution in [0.4, 0.5) is 22.7 Å². The van der Waals surface area contributed by atoms with Crippen molar-refractivity contribution < 1.29 is 34.1 Å². The van der Waals surface area contributed by atoms with Gasteiger partial charge in [0.25, 0.3) is 0 Å². The molecule has 106 heavy (non-hydrogen) atoms. The first-order valence-corrected chi connectivity index (χ1v) is 47.8. The fraction of sp³-hybridized carbons (Fsp3) is 0.106. The van der Waals surface area contributed by atoms with Gasteiger partial charge in [-0.05, 0) is 137 Å². The molecular weight excluding hydrogens is 1480 g/mol. The van der Waals surface area contributed by atoms with E-state index in [9.17, 15) is 0 Å². The van der Waals surface area contributed by atoms with Gasteiger partial charge in [0.15, 0.2) is 0 Å². The summed E-state index contributed by atoms with van der Waals surface area (Å²) in [7, 11) is -4.54. The molecule has 0 aliphatic carbocycles. The number of benzene rings is 14. The predicted molar refractivity (Wildman–Crippen MR) is 483 cm³/mol. The monoisotopic (exact) mass is 1580 g/mol. The number of rotatable bonds is 22. The van der Waals surface area contributed by atoms with Crippen LogP contribution in [0.3, 0.4) is 0 Å². The van der Waals surface area contributed by atoms with Gasteiger partial charge in [-0.3, -0.25) is 0 Å². The van der Waals surface area contributed by atoms with Gasteiger partial charge in [-0.15, -0.1) is 26.2 Å². The van der Waals surface area contributed by atoms with Gasteiger partial charge in [0.2, 0.25) is 0 Å². The normalized spacial score (nSPS) is 10.3. The first-order chi connectivity index (χ1) is 51.2. The summed E-state index contributed by atoms with van der Waals surface area (Å²) in [5.41, 5.74) is 4.28. The van der Waals surface area contributed by atoms with Crippen LogP contribution in [0.5, 0.6) is 0 Å². The number of nitrogens with zero attached hydrogens (tertiary/aromatic N) is 4. The Balaban J connectivity index is 0.000000231. The van der Waals surface area contributed by atoms with Crippen LogP contribution in [0.15, 0.2) is 413 Å². The van der Waals surface area contributed by atoms with Crippen LogP contribution in [0.2, 0.25) is 0 Å². The Morgan fingerprint density at radius 3 is 0.396 bits per heavy atom. The zero-order chi connectivity index (χ0) is 72.4. The van der Waals surface area contributed by atoms with E-state index < -0.39 is 31.7 Å². The van der Waals surface area contributed by atoms with Gasteiger partial charge < -0.3 is 21.3 Å². The summed E-state index contributed by atoms with van der Waals surface area (Å²) in [6.07, 6.45) is 0. The minimum atomic E-state index is -1.19. The Labute approximate surface area is 662 Å². The second kappa shape index (κ2) is 49.7. The van der Waals surface area contributed by atoms with E-state index in [0.717, 1.165) is 22.7 Å². The maximum Gasteiger partial charge on any atom is 2.00 e. The summed E-state index contributed by atoms with van der Waals surface area (Å²) < 4.78 is 0. The van der Waals surface area contributed by atoms with Gasteiger partial charge in [-0.2, -0.15) is 0 Å². The molecule has 0 saturated heterocycles. The molecule has 0 amide bonds. The molecule has 0 N–H and O–H groups in total. The van der Waals surface area contributed by atoms with Crippen molar-refractivity contribution in [1.29, 1.82) is 0 Å². The van der Waals surface area contributed by atoms with Gasteiger partial charge >= 0.3 is 34.1 Å². The summed E-state index contributed by atoms with van der Waals surface area (Å²) in [6, 6.07) is 146. The quantitative estimate of drug-likeness (QED) is 0.0369. The maximum atomic E-state index is 5.12. The van der Waals surface area contributed by atoms with Crippen molar-refractivity contribution in [3.63, 3.8) is 0 Å². The Kier molecular flexibility index (Phi) is 39.9. The summed E-state index contributed by atoms with van der Waals surface area (Å²) in [5.74, 6) is 0. The zero-order valence-electron chi connectivity index (χ0n) is 61.6. The number of hydrogen-bond acceptors (Lipinski definition) is 0. The molecule has 0 fully saturated rings. The van der Waals surface area contributed by atoms with E-state index in [1.54, 1.807) is 0 Å². The first kappa shape index (κ1) is 85.2. The maximum absolute atomic E-state index is 5.12. The first-order valence-electron chi connectivity index (χ1n) is 35.8. The molecule has 0 bridgehead atoms. The van der Waals surface area contributed by atoms with Gasteiger partial charge in [0, 0.05) is 40.0 Å². The number of para-hydroxylation sites is 4. The SMILES string of the molecule is C[PH+](C)C.C[PH+](C)C.[Fe+2].[Fe+2].c1ccc([PH+](c2ccccc2)c2ccccc2[N-]CC[N-]c2ccccc2[PH+](c2ccccc2)c2ccccc2)cc1.c1ccc([PH+](c2ccccc2)c2ccccc2[N-]CC[N-]c2ccccc2[PH+](c2ccccc2)c2ccccc2)cc1.c1ccccc1.c1ccccc1. The van der Waals surface area contributed by atoms with Gasteiger partial charge in [0.05, 0.1) is 52.9 Å². The van der Waals surface area contributed by atoms with Crippen LogP contribution in [-0.2, 0) is 34.1 Å². The fourth-order valence-corrected chi connectivity index (χ4v) is 22.2. The van der Waals surface area contributed by atoms with Gasteiger partial charge in [0.1, 0.15) is 42.4 Å². The zero-order valence-corrected chi connectivity index (χ0v) is 69.8. The molecular formula is C94H100Fe2N4P6+6. The number of hydrogen-bond donors (Lipinski definition) is 0. The van der Waals surface area contributed by atoms with Crippen LogP contribution in [-0.4, -0.2) is 66.2 Å². The van der Waals surface area contributed by atoms with E-state index in [0.29, 0.717) is 26.2 Å². The van der Waals surface area contributed by atoms with E-state index in [4.69, 9.17) is 21.3 Å². The summed E-state index contributed by atoms with van der Waals surface area (Å²) in [4.78, 5) is 0. The van der Waals surface area contributed by atoms with Crippen molar-refractivity contribution in [3.05, 3.63) is 434 Å². The Hall–Kier alpha value is -8.10. The topological polar surface area (TPSA) is 56.4 Å². The standard InChI is InChI=1S/2C38H32N2P2.2C6H6.2C3H9P.2Fe/c2*1-5-17-31(18-6-1)41(32-19-7-2-8-20-32)37-27-15-13-25-35(37)39-29-30-40-36-26-14-16-28-38(36)42(33-21-9-3-10-22-33)34-23-11-4-12-24-34;2*1-2-4-6-5-3-1;2*1-4(2)3;;/h2*1-28H,29-30H2;2*1-6H;2*1-3H3;;/q2*-2;;;;;2*+2/p+6. The van der Waals surface area contributed by atoms with Crippen molar-refractivity contribution in [2.24, 2.45) is 0 Å². The molecule has 0 aliphatic heterocycles. The van der Waals surface area contributed by atoms with Crippen molar-refractivity contribution >= 4 is 134 Å². The van der Waals surface area contributed by atoms with Crippen LogP contribution in [0.1, 0.15) is 0 Å². The van der Waals surface area contributed by atoms with Crippen LogP contribution in [0.25, 0.3) is 21.3 Å². The van der Waals surface area contributed by atoms with Gasteiger partial charge in [-0.1, -0.05) is 314 Å². The predicted octanol–water partition coefficient (Wildman–Crippen LogP) is 20.3. The Morgan fingerprint density at radius 2 is 0.264 bits per heavy atom. The second-order valence-corrected chi connectivity index (χ2v) is 41.1. The molecule has 0 aromatic heterocycles. The molecule has 536 valence electrons. The van der Waals surface area contributed by atoms with E-state index >= 15 is 0 Å². The van der Waals surface area contributed by atoms with Crippen LogP contribution < -0.4 is 63.7 Å². The molecule has 0 unspecified atom stereocenters. The van der Waals surface area contributed by atoms with Crippen molar-refractivity contribution in [3.8, 4) is 0 Å². The second-order valence-electron chi connectivity index (χ2n) is 25.3. The average molecular weight is 1580 g/mol. The molecule has 14 aromatic carbocycles. The molecule has 12 heteroatoms. The van der Waals surface area contributed by atoms with Crippen molar-refractivity contribution in [2.75, 3.05) is 66.2 Å². The van der Waals surface area contributed by atoms with Crippen LogP contribution >= 0.6 is 47.5 Å². The molecule has 0 atom stereocenters. The van der Waals surface area contributed by atoms with Crippen molar-refractivity contribution in [2.45, 2.75) is 0 Å². The Bertz CT molecular complexity index is 3780. The minimum Gasteiger partial charge on any atom is -0.682 e. The molecule has 4 nitrogen and oxygen atoms in total. The minimum absolute atomic E-state index is 0. The molecule has 14 aromatic rings. The van der Waals surface area contributed by atoms with E-state index in [-0.39, 0.29) is 50.0 Å². The third kappa shape index (κ3) is 28.6. The third-order valence-electron chi connectivity index (χ3n) is 15.9. The van der Waals surface area contributed by atoms with E-state index in [1.807, 2.05) is 72.8 Å². The molecule has 0 saturated carbocycles. The molecule has 14 rings (SSSR count). The fourth-order valence-electron chi connectivity index (χ4n) is 11.5. The van der Waals surface area contributed by atoms with Crippen LogP contribution in [0, 0.1) is 0 Å². The van der Waals surface area contributed by atoms with Gasteiger partial charge in [-0.25, -0.2) is 0 Å². The van der Waals surface area contributed by atoms with E-state index in [2.05, 4.69) is 380 Å². The van der Waals surface area contributed by atoms with E-state index in [1.165, 1.54) is 63.7 Å². The summed E-state index contributed by atoms with van der Waals surface area (Å²) in [6.45, 7) is 16.2. The van der Waals surface area contributed by atoms with Crippen molar-refractivity contribution in [1.82, 2.24) is 0 Å². The Morgan fingerprint density at radius 1 is 0.160 bits per heavy atom. The molecule has 0 aliphatic rings. The average Bonchev–Trinajstić information content (AvgIpc) is 0.824. The smallest absolute Gasteiger partial charge is 0.682 e. The largest absolute Gasteiger partial charge is 2.00 e. The molecule has 0 radical (unpaired) electrons. The molecule has 0 spiro atoms. The molecule has 0 heterocycles. The summed E-state index contributed by atoms with van der Waals surface area (Å²) >= 11 is 0.